The molecule has 8 nitrogen and oxygen atoms in total. The van der Waals surface area contributed by atoms with Gasteiger partial charge in [0.15, 0.2) is 0 Å². The molecule has 9 heteroatoms. The number of H-pyrrole nitrogens is 1. The standard InChI is InChI=1S/C16H20N4O4S/c1-9-6-7-12(25(23,24)20(4)5)8-13(9)17-15(21)14-10(2)11(3)18-19-16(14)22/h6-8H,1-5H3,(H,17,21)(H,19,22). The molecular weight excluding hydrogens is 344 g/mol. The van der Waals surface area contributed by atoms with Crippen LogP contribution in [0.2, 0.25) is 0 Å². The van der Waals surface area contributed by atoms with Crippen molar-refractivity contribution in [2.24, 2.45) is 0 Å². The number of carbonyl (C=O) groups excluding carboxylic acids is 1. The van der Waals surface area contributed by atoms with Gasteiger partial charge in [-0.25, -0.2) is 17.8 Å². The van der Waals surface area contributed by atoms with Crippen LogP contribution in [0.3, 0.4) is 0 Å². The highest BCUT2D eigenvalue weighted by Gasteiger charge is 2.20. The summed E-state index contributed by atoms with van der Waals surface area (Å²) in [7, 11) is -0.782. The van der Waals surface area contributed by atoms with E-state index < -0.39 is 21.5 Å². The summed E-state index contributed by atoms with van der Waals surface area (Å²) >= 11 is 0. The van der Waals surface area contributed by atoms with Crippen molar-refractivity contribution in [3.8, 4) is 0 Å². The van der Waals surface area contributed by atoms with E-state index in [9.17, 15) is 18.0 Å². The fourth-order valence-corrected chi connectivity index (χ4v) is 3.12. The van der Waals surface area contributed by atoms with Crippen LogP contribution in [0, 0.1) is 20.8 Å². The molecule has 0 spiro atoms. The average molecular weight is 364 g/mol. The molecule has 2 aromatic rings. The Morgan fingerprint density at radius 2 is 1.84 bits per heavy atom. The Morgan fingerprint density at radius 1 is 1.20 bits per heavy atom. The van der Waals surface area contributed by atoms with E-state index >= 15 is 0 Å². The topological polar surface area (TPSA) is 112 Å². The molecule has 0 atom stereocenters. The molecule has 0 radical (unpaired) electrons. The molecule has 0 unspecified atom stereocenters. The summed E-state index contributed by atoms with van der Waals surface area (Å²) in [5.41, 5.74) is 1.34. The molecule has 0 aliphatic heterocycles. The van der Waals surface area contributed by atoms with Crippen LogP contribution < -0.4 is 10.9 Å². The number of aromatic amines is 1. The van der Waals surface area contributed by atoms with Crippen LogP contribution in [0.5, 0.6) is 0 Å². The van der Waals surface area contributed by atoms with Crippen molar-refractivity contribution in [2.45, 2.75) is 25.7 Å². The van der Waals surface area contributed by atoms with Crippen LogP contribution in [0.1, 0.15) is 27.2 Å². The summed E-state index contributed by atoms with van der Waals surface area (Å²) in [5, 5.41) is 8.70. The summed E-state index contributed by atoms with van der Waals surface area (Å²) in [6.07, 6.45) is 0. The SMILES string of the molecule is Cc1ccc(S(=O)(=O)N(C)C)cc1NC(=O)c1c(C)c(C)n[nH]c1=O. The van der Waals surface area contributed by atoms with Gasteiger partial charge < -0.3 is 5.32 Å². The van der Waals surface area contributed by atoms with E-state index in [2.05, 4.69) is 15.5 Å². The van der Waals surface area contributed by atoms with Gasteiger partial charge in [0.1, 0.15) is 5.56 Å². The molecule has 0 fully saturated rings. The number of amides is 1. The zero-order valence-corrected chi connectivity index (χ0v) is 15.5. The molecule has 1 amide bonds. The van der Waals surface area contributed by atoms with Crippen LogP contribution in [0.15, 0.2) is 27.9 Å². The van der Waals surface area contributed by atoms with E-state index in [1.54, 1.807) is 26.8 Å². The maximum Gasteiger partial charge on any atom is 0.277 e. The zero-order valence-electron chi connectivity index (χ0n) is 14.7. The Bertz CT molecular complexity index is 994. The summed E-state index contributed by atoms with van der Waals surface area (Å²) in [6.45, 7) is 5.04. The Hall–Kier alpha value is -2.52. The van der Waals surface area contributed by atoms with E-state index in [0.717, 1.165) is 4.31 Å². The second kappa shape index (κ2) is 6.77. The third kappa shape index (κ3) is 3.62. The van der Waals surface area contributed by atoms with Gasteiger partial charge in [-0.15, -0.1) is 0 Å². The third-order valence-corrected chi connectivity index (χ3v) is 5.74. The lowest BCUT2D eigenvalue weighted by molar-refractivity contribution is 0.102. The lowest BCUT2D eigenvalue weighted by atomic mass is 10.1. The molecule has 25 heavy (non-hydrogen) atoms. The number of hydrogen-bond acceptors (Lipinski definition) is 5. The van der Waals surface area contributed by atoms with Gasteiger partial charge in [0.2, 0.25) is 10.0 Å². The van der Waals surface area contributed by atoms with Crippen molar-refractivity contribution in [1.82, 2.24) is 14.5 Å². The summed E-state index contributed by atoms with van der Waals surface area (Å²) in [5.74, 6) is -0.619. The predicted octanol–water partition coefficient (Wildman–Crippen LogP) is 1.20. The molecule has 2 rings (SSSR count). The van der Waals surface area contributed by atoms with E-state index in [1.165, 1.54) is 26.2 Å². The number of aromatic nitrogens is 2. The first-order valence-electron chi connectivity index (χ1n) is 7.46. The molecule has 1 heterocycles. The molecule has 2 N–H and O–H groups in total. The largest absolute Gasteiger partial charge is 0.322 e. The number of benzene rings is 1. The second-order valence-corrected chi connectivity index (χ2v) is 8.01. The zero-order chi connectivity index (χ0) is 18.9. The van der Waals surface area contributed by atoms with Gasteiger partial charge in [-0.05, 0) is 44.0 Å². The van der Waals surface area contributed by atoms with Crippen molar-refractivity contribution < 1.29 is 13.2 Å². The number of rotatable bonds is 4. The van der Waals surface area contributed by atoms with Gasteiger partial charge in [-0.3, -0.25) is 9.59 Å². The number of carbonyl (C=O) groups is 1. The predicted molar refractivity (Wildman–Crippen MR) is 94.3 cm³/mol. The Labute approximate surface area is 145 Å². The Kier molecular flexibility index (Phi) is 5.09. The minimum atomic E-state index is -3.64. The second-order valence-electron chi connectivity index (χ2n) is 5.86. The van der Waals surface area contributed by atoms with E-state index in [-0.39, 0.29) is 10.5 Å². The number of aryl methyl sites for hydroxylation is 2. The van der Waals surface area contributed by atoms with E-state index in [0.29, 0.717) is 22.5 Å². The normalized spacial score (nSPS) is 11.6. The number of nitrogens with zero attached hydrogens (tertiary/aromatic N) is 2. The van der Waals surface area contributed by atoms with Gasteiger partial charge in [-0.2, -0.15) is 5.10 Å². The van der Waals surface area contributed by atoms with Crippen molar-refractivity contribution in [2.75, 3.05) is 19.4 Å². The molecule has 134 valence electrons. The Morgan fingerprint density at radius 3 is 2.44 bits per heavy atom. The Balaban J connectivity index is 2.47. The number of hydrogen-bond donors (Lipinski definition) is 2. The fraction of sp³-hybridized carbons (Fsp3) is 0.312. The van der Waals surface area contributed by atoms with Gasteiger partial charge in [0.25, 0.3) is 11.5 Å². The van der Waals surface area contributed by atoms with Crippen LogP contribution in [0.25, 0.3) is 0 Å². The molecule has 0 aliphatic carbocycles. The number of nitrogens with one attached hydrogen (secondary N) is 2. The summed E-state index contributed by atoms with van der Waals surface area (Å²) in [4.78, 5) is 24.5. The number of anilines is 1. The van der Waals surface area contributed by atoms with E-state index in [1.807, 2.05) is 0 Å². The number of sulfonamides is 1. The lowest BCUT2D eigenvalue weighted by Gasteiger charge is -2.15. The summed E-state index contributed by atoms with van der Waals surface area (Å²) in [6, 6.07) is 4.44. The first-order chi connectivity index (χ1) is 11.6. The highest BCUT2D eigenvalue weighted by molar-refractivity contribution is 7.89. The molecule has 0 saturated heterocycles. The van der Waals surface area contributed by atoms with E-state index in [4.69, 9.17) is 0 Å². The molecule has 0 aliphatic rings. The smallest absolute Gasteiger partial charge is 0.277 e. The summed E-state index contributed by atoms with van der Waals surface area (Å²) < 4.78 is 25.6. The first kappa shape index (κ1) is 18.8. The van der Waals surface area contributed by atoms with Crippen molar-refractivity contribution >= 4 is 21.6 Å². The monoisotopic (exact) mass is 364 g/mol. The quantitative estimate of drug-likeness (QED) is 0.846. The maximum atomic E-state index is 12.5. The van der Waals surface area contributed by atoms with Crippen LogP contribution in [-0.2, 0) is 10.0 Å². The van der Waals surface area contributed by atoms with Crippen molar-refractivity contribution in [1.29, 1.82) is 0 Å². The molecule has 0 saturated carbocycles. The minimum absolute atomic E-state index is 0.0484. The van der Waals surface area contributed by atoms with Gasteiger partial charge in [-0.1, -0.05) is 6.07 Å². The molecule has 1 aromatic carbocycles. The fourth-order valence-electron chi connectivity index (χ4n) is 2.19. The molecular formula is C16H20N4O4S. The minimum Gasteiger partial charge on any atom is -0.322 e. The lowest BCUT2D eigenvalue weighted by Crippen LogP contribution is -2.27. The van der Waals surface area contributed by atoms with Gasteiger partial charge >= 0.3 is 0 Å². The highest BCUT2D eigenvalue weighted by atomic mass is 32.2. The van der Waals surface area contributed by atoms with Crippen LogP contribution in [0.4, 0.5) is 5.69 Å². The van der Waals surface area contributed by atoms with Gasteiger partial charge in [0.05, 0.1) is 10.6 Å². The average Bonchev–Trinajstić information content (AvgIpc) is 2.53. The van der Waals surface area contributed by atoms with Crippen LogP contribution >= 0.6 is 0 Å². The first-order valence-corrected chi connectivity index (χ1v) is 8.90. The third-order valence-electron chi connectivity index (χ3n) is 3.93. The van der Waals surface area contributed by atoms with Crippen LogP contribution in [-0.4, -0.2) is 42.9 Å². The molecule has 0 bridgehead atoms. The van der Waals surface area contributed by atoms with Gasteiger partial charge in [0, 0.05) is 19.8 Å². The van der Waals surface area contributed by atoms with Crippen molar-refractivity contribution in [3.63, 3.8) is 0 Å². The maximum absolute atomic E-state index is 12.5. The van der Waals surface area contributed by atoms with Crippen molar-refractivity contribution in [3.05, 3.63) is 50.9 Å². The molecule has 1 aromatic heterocycles. The highest BCUT2D eigenvalue weighted by Crippen LogP contribution is 2.22.